The van der Waals surface area contributed by atoms with Crippen LogP contribution in [0.2, 0.25) is 0 Å². The van der Waals surface area contributed by atoms with Gasteiger partial charge in [-0.3, -0.25) is 4.79 Å². The van der Waals surface area contributed by atoms with E-state index in [1.807, 2.05) is 30.3 Å². The molecule has 3 aromatic carbocycles. The van der Waals surface area contributed by atoms with Crippen molar-refractivity contribution in [3.05, 3.63) is 89.5 Å². The molecule has 0 saturated carbocycles. The molecule has 0 heterocycles. The predicted octanol–water partition coefficient (Wildman–Crippen LogP) is 4.00. The highest BCUT2D eigenvalue weighted by Gasteiger charge is 2.11. The van der Waals surface area contributed by atoms with Crippen LogP contribution in [-0.4, -0.2) is 20.6 Å². The first kappa shape index (κ1) is 18.9. The maximum Gasteiger partial charge on any atom is 0.251 e. The highest BCUT2D eigenvalue weighted by molar-refractivity contribution is 7.90. The second kappa shape index (κ2) is 7.76. The predicted molar refractivity (Wildman–Crippen MR) is 107 cm³/mol. The molecule has 1 amide bonds. The molecular weight excluding hydrogens is 358 g/mol. The first-order valence-electron chi connectivity index (χ1n) is 8.57. The van der Waals surface area contributed by atoms with Gasteiger partial charge in [-0.05, 0) is 47.9 Å². The van der Waals surface area contributed by atoms with Crippen molar-refractivity contribution in [2.75, 3.05) is 6.26 Å². The van der Waals surface area contributed by atoms with Crippen LogP contribution in [0.1, 0.15) is 21.5 Å². The SMILES string of the molecule is Cc1cccc(-c2cccc(CNC(=O)c3cccc(S(C)(=O)=O)c3)c2)c1. The topological polar surface area (TPSA) is 63.2 Å². The van der Waals surface area contributed by atoms with E-state index in [-0.39, 0.29) is 10.8 Å². The van der Waals surface area contributed by atoms with Gasteiger partial charge < -0.3 is 5.32 Å². The second-order valence-corrected chi connectivity index (χ2v) is 8.57. The Hall–Kier alpha value is -2.92. The van der Waals surface area contributed by atoms with Gasteiger partial charge >= 0.3 is 0 Å². The summed E-state index contributed by atoms with van der Waals surface area (Å²) in [6.07, 6.45) is 1.13. The summed E-state index contributed by atoms with van der Waals surface area (Å²) in [5.74, 6) is -0.304. The van der Waals surface area contributed by atoms with E-state index in [1.54, 1.807) is 12.1 Å². The number of sulfone groups is 1. The van der Waals surface area contributed by atoms with Crippen LogP contribution in [0, 0.1) is 6.92 Å². The molecule has 3 aromatic rings. The molecule has 138 valence electrons. The number of aryl methyl sites for hydroxylation is 1. The summed E-state index contributed by atoms with van der Waals surface area (Å²) in [6, 6.07) is 22.3. The van der Waals surface area contributed by atoms with Crippen molar-refractivity contribution in [1.29, 1.82) is 0 Å². The van der Waals surface area contributed by atoms with Crippen LogP contribution in [0.4, 0.5) is 0 Å². The molecule has 0 fully saturated rings. The molecule has 3 rings (SSSR count). The molecule has 0 spiro atoms. The fraction of sp³-hybridized carbons (Fsp3) is 0.136. The fourth-order valence-electron chi connectivity index (χ4n) is 2.84. The Morgan fingerprint density at radius 2 is 1.56 bits per heavy atom. The summed E-state index contributed by atoms with van der Waals surface area (Å²) in [5, 5.41) is 2.85. The lowest BCUT2D eigenvalue weighted by Gasteiger charge is -2.09. The lowest BCUT2D eigenvalue weighted by molar-refractivity contribution is 0.0950. The van der Waals surface area contributed by atoms with E-state index in [2.05, 4.69) is 30.4 Å². The smallest absolute Gasteiger partial charge is 0.251 e. The van der Waals surface area contributed by atoms with Gasteiger partial charge in [-0.15, -0.1) is 0 Å². The second-order valence-electron chi connectivity index (χ2n) is 6.55. The summed E-state index contributed by atoms with van der Waals surface area (Å²) in [6.45, 7) is 2.42. The number of hydrogen-bond acceptors (Lipinski definition) is 3. The average molecular weight is 379 g/mol. The van der Waals surface area contributed by atoms with Crippen molar-refractivity contribution in [2.45, 2.75) is 18.4 Å². The van der Waals surface area contributed by atoms with Crippen molar-refractivity contribution in [3.8, 4) is 11.1 Å². The van der Waals surface area contributed by atoms with Gasteiger partial charge in [0.2, 0.25) is 0 Å². The standard InChI is InChI=1S/C22H21NO3S/c1-16-6-3-8-18(12-16)19-9-4-7-17(13-19)15-23-22(24)20-10-5-11-21(14-20)27(2,25)26/h3-14H,15H2,1-2H3,(H,23,24). The van der Waals surface area contributed by atoms with Gasteiger partial charge in [-0.2, -0.15) is 0 Å². The van der Waals surface area contributed by atoms with Gasteiger partial charge in [0.1, 0.15) is 0 Å². The van der Waals surface area contributed by atoms with Gasteiger partial charge in [0.05, 0.1) is 4.90 Å². The van der Waals surface area contributed by atoms with Gasteiger partial charge in [0.25, 0.3) is 5.91 Å². The molecule has 0 radical (unpaired) electrons. The number of nitrogens with one attached hydrogen (secondary N) is 1. The highest BCUT2D eigenvalue weighted by atomic mass is 32.2. The normalized spacial score (nSPS) is 11.2. The van der Waals surface area contributed by atoms with Crippen LogP contribution >= 0.6 is 0 Å². The number of carbonyl (C=O) groups is 1. The summed E-state index contributed by atoms with van der Waals surface area (Å²) < 4.78 is 23.3. The highest BCUT2D eigenvalue weighted by Crippen LogP contribution is 2.21. The number of rotatable bonds is 5. The monoisotopic (exact) mass is 379 g/mol. The molecule has 0 saturated heterocycles. The molecule has 0 aliphatic carbocycles. The lowest BCUT2D eigenvalue weighted by atomic mass is 10.0. The minimum Gasteiger partial charge on any atom is -0.348 e. The molecule has 27 heavy (non-hydrogen) atoms. The van der Waals surface area contributed by atoms with Crippen LogP contribution in [-0.2, 0) is 16.4 Å². The van der Waals surface area contributed by atoms with Crippen molar-refractivity contribution < 1.29 is 13.2 Å². The van der Waals surface area contributed by atoms with Gasteiger partial charge in [-0.1, -0.05) is 54.1 Å². The van der Waals surface area contributed by atoms with Gasteiger partial charge in [-0.25, -0.2) is 8.42 Å². The van der Waals surface area contributed by atoms with Gasteiger partial charge in [0, 0.05) is 18.4 Å². The maximum atomic E-state index is 12.4. The number of carbonyl (C=O) groups excluding carboxylic acids is 1. The van der Waals surface area contributed by atoms with Crippen LogP contribution in [0.15, 0.2) is 77.7 Å². The molecule has 0 aromatic heterocycles. The fourth-order valence-corrected chi connectivity index (χ4v) is 3.50. The Labute approximate surface area is 159 Å². The molecule has 0 unspecified atom stereocenters. The molecule has 1 N–H and O–H groups in total. The zero-order valence-electron chi connectivity index (χ0n) is 15.3. The summed E-state index contributed by atoms with van der Waals surface area (Å²) in [5.41, 5.74) is 4.71. The van der Waals surface area contributed by atoms with Crippen molar-refractivity contribution in [1.82, 2.24) is 5.32 Å². The van der Waals surface area contributed by atoms with Crippen LogP contribution in [0.5, 0.6) is 0 Å². The quantitative estimate of drug-likeness (QED) is 0.729. The molecule has 4 nitrogen and oxygen atoms in total. The van der Waals surface area contributed by atoms with E-state index in [1.165, 1.54) is 17.7 Å². The third-order valence-electron chi connectivity index (χ3n) is 4.26. The van der Waals surface area contributed by atoms with E-state index >= 15 is 0 Å². The van der Waals surface area contributed by atoms with Crippen molar-refractivity contribution >= 4 is 15.7 Å². The Morgan fingerprint density at radius 3 is 2.26 bits per heavy atom. The van der Waals surface area contributed by atoms with E-state index in [4.69, 9.17) is 0 Å². The van der Waals surface area contributed by atoms with E-state index in [9.17, 15) is 13.2 Å². The van der Waals surface area contributed by atoms with Crippen molar-refractivity contribution in [2.24, 2.45) is 0 Å². The molecular formula is C22H21NO3S. The zero-order chi connectivity index (χ0) is 19.4. The van der Waals surface area contributed by atoms with E-state index in [0.717, 1.165) is 22.9 Å². The number of hydrogen-bond donors (Lipinski definition) is 1. The minimum absolute atomic E-state index is 0.136. The Bertz CT molecular complexity index is 1090. The summed E-state index contributed by atoms with van der Waals surface area (Å²) >= 11 is 0. The van der Waals surface area contributed by atoms with E-state index in [0.29, 0.717) is 12.1 Å². The van der Waals surface area contributed by atoms with E-state index < -0.39 is 9.84 Å². The Balaban J connectivity index is 1.74. The van der Waals surface area contributed by atoms with Crippen LogP contribution in [0.25, 0.3) is 11.1 Å². The van der Waals surface area contributed by atoms with Crippen LogP contribution < -0.4 is 5.32 Å². The molecule has 0 aliphatic heterocycles. The third kappa shape index (κ3) is 4.83. The molecule has 5 heteroatoms. The average Bonchev–Trinajstić information content (AvgIpc) is 2.66. The first-order valence-corrected chi connectivity index (χ1v) is 10.5. The Morgan fingerprint density at radius 1 is 0.889 bits per heavy atom. The minimum atomic E-state index is -3.35. The van der Waals surface area contributed by atoms with Crippen LogP contribution in [0.3, 0.4) is 0 Å². The molecule has 0 atom stereocenters. The third-order valence-corrected chi connectivity index (χ3v) is 5.37. The summed E-state index contributed by atoms with van der Waals surface area (Å²) in [4.78, 5) is 12.5. The molecule has 0 aliphatic rings. The number of amides is 1. The lowest BCUT2D eigenvalue weighted by Crippen LogP contribution is -2.23. The zero-order valence-corrected chi connectivity index (χ0v) is 16.1. The first-order chi connectivity index (χ1) is 12.8. The largest absolute Gasteiger partial charge is 0.348 e. The maximum absolute atomic E-state index is 12.4. The van der Waals surface area contributed by atoms with Gasteiger partial charge in [0.15, 0.2) is 9.84 Å². The van der Waals surface area contributed by atoms with Crippen molar-refractivity contribution in [3.63, 3.8) is 0 Å². The number of benzene rings is 3. The molecule has 0 bridgehead atoms. The summed E-state index contributed by atoms with van der Waals surface area (Å²) in [7, 11) is -3.35. The Kier molecular flexibility index (Phi) is 5.42.